The van der Waals surface area contributed by atoms with E-state index >= 15 is 0 Å². The first kappa shape index (κ1) is 16.4. The van der Waals surface area contributed by atoms with Crippen LogP contribution in [0.15, 0.2) is 60.7 Å². The molecule has 0 atom stereocenters. The Morgan fingerprint density at radius 2 is 1.61 bits per heavy atom. The van der Waals surface area contributed by atoms with Crippen molar-refractivity contribution in [2.75, 3.05) is 13.7 Å². The topological polar surface area (TPSA) is 55.8 Å². The summed E-state index contributed by atoms with van der Waals surface area (Å²) in [7, 11) is 1.62. The van der Waals surface area contributed by atoms with E-state index < -0.39 is 5.97 Å². The molecule has 0 amide bonds. The lowest BCUT2D eigenvalue weighted by Gasteiger charge is -1.99. The summed E-state index contributed by atoms with van der Waals surface area (Å²) in [6.07, 6.45) is 6.63. The van der Waals surface area contributed by atoms with Gasteiger partial charge in [-0.15, -0.1) is 0 Å². The van der Waals surface area contributed by atoms with Crippen molar-refractivity contribution in [3.05, 3.63) is 71.8 Å². The number of esters is 1. The van der Waals surface area contributed by atoms with Crippen molar-refractivity contribution in [3.63, 3.8) is 0 Å². The first-order valence-electron chi connectivity index (χ1n) is 7.12. The molecule has 0 bridgehead atoms. The fourth-order valence-corrected chi connectivity index (χ4v) is 1.83. The summed E-state index contributed by atoms with van der Waals surface area (Å²) in [6, 6.07) is 14.1. The fraction of sp³-hybridized carbons (Fsp3) is 0.105. The van der Waals surface area contributed by atoms with Crippen LogP contribution in [0.2, 0.25) is 0 Å². The van der Waals surface area contributed by atoms with Crippen molar-refractivity contribution in [3.8, 4) is 11.5 Å². The predicted molar refractivity (Wildman–Crippen MR) is 90.1 cm³/mol. The summed E-state index contributed by atoms with van der Waals surface area (Å²) >= 11 is 0. The zero-order valence-corrected chi connectivity index (χ0v) is 12.8. The smallest absolute Gasteiger partial charge is 0.331 e. The van der Waals surface area contributed by atoms with Crippen molar-refractivity contribution in [1.29, 1.82) is 0 Å². The van der Waals surface area contributed by atoms with Crippen LogP contribution >= 0.6 is 0 Å². The highest BCUT2D eigenvalue weighted by Crippen LogP contribution is 2.12. The lowest BCUT2D eigenvalue weighted by molar-refractivity contribution is -0.136. The lowest BCUT2D eigenvalue weighted by atomic mass is 10.2. The average Bonchev–Trinajstić information content (AvgIpc) is 2.59. The van der Waals surface area contributed by atoms with Crippen LogP contribution in [0.5, 0.6) is 11.5 Å². The minimum absolute atomic E-state index is 0.188. The summed E-state index contributed by atoms with van der Waals surface area (Å²) in [4.78, 5) is 11.6. The van der Waals surface area contributed by atoms with E-state index in [4.69, 9.17) is 9.47 Å². The first-order chi connectivity index (χ1) is 11.2. The van der Waals surface area contributed by atoms with Crippen molar-refractivity contribution in [2.24, 2.45) is 0 Å². The number of hydrogen-bond acceptors (Lipinski definition) is 4. The average molecular weight is 310 g/mol. The van der Waals surface area contributed by atoms with Gasteiger partial charge in [-0.1, -0.05) is 30.3 Å². The number of carbonyl (C=O) groups is 1. The summed E-state index contributed by atoms with van der Waals surface area (Å²) in [6.45, 7) is 0.199. The van der Waals surface area contributed by atoms with Gasteiger partial charge in [0.05, 0.1) is 7.11 Å². The predicted octanol–water partition coefficient (Wildman–Crippen LogP) is 3.67. The highest BCUT2D eigenvalue weighted by molar-refractivity contribution is 5.87. The lowest BCUT2D eigenvalue weighted by Crippen LogP contribution is -1.99. The van der Waals surface area contributed by atoms with Crippen molar-refractivity contribution >= 4 is 18.1 Å². The summed E-state index contributed by atoms with van der Waals surface area (Å²) in [5.74, 6) is 0.568. The third-order valence-electron chi connectivity index (χ3n) is 3.05. The van der Waals surface area contributed by atoms with Crippen LogP contribution in [-0.2, 0) is 9.53 Å². The van der Waals surface area contributed by atoms with E-state index in [1.807, 2.05) is 30.3 Å². The molecule has 4 nitrogen and oxygen atoms in total. The van der Waals surface area contributed by atoms with Crippen LogP contribution in [0.3, 0.4) is 0 Å². The zero-order valence-electron chi connectivity index (χ0n) is 12.8. The second-order valence-corrected chi connectivity index (χ2v) is 4.73. The Bertz CT molecular complexity index is 682. The number of hydrogen-bond donors (Lipinski definition) is 1. The highest BCUT2D eigenvalue weighted by atomic mass is 16.5. The maximum absolute atomic E-state index is 11.6. The van der Waals surface area contributed by atoms with Gasteiger partial charge in [0.2, 0.25) is 0 Å². The Morgan fingerprint density at radius 1 is 1.00 bits per heavy atom. The van der Waals surface area contributed by atoms with E-state index in [0.717, 1.165) is 16.9 Å². The quantitative estimate of drug-likeness (QED) is 0.653. The van der Waals surface area contributed by atoms with Crippen LogP contribution in [0, 0.1) is 0 Å². The van der Waals surface area contributed by atoms with Gasteiger partial charge in [-0.25, -0.2) is 4.79 Å². The highest BCUT2D eigenvalue weighted by Gasteiger charge is 1.95. The number of methoxy groups -OCH3 is 1. The number of phenols is 1. The Morgan fingerprint density at radius 3 is 2.26 bits per heavy atom. The van der Waals surface area contributed by atoms with Gasteiger partial charge in [0.1, 0.15) is 18.1 Å². The molecule has 0 aromatic heterocycles. The molecule has 2 aromatic carbocycles. The van der Waals surface area contributed by atoms with E-state index in [2.05, 4.69) is 0 Å². The Labute approximate surface area is 135 Å². The van der Waals surface area contributed by atoms with Gasteiger partial charge in [-0.2, -0.15) is 0 Å². The normalized spacial score (nSPS) is 11.0. The molecular formula is C19H18O4. The molecule has 118 valence electrons. The number of benzene rings is 2. The molecule has 0 aliphatic rings. The van der Waals surface area contributed by atoms with Gasteiger partial charge < -0.3 is 14.6 Å². The molecule has 0 saturated heterocycles. The minimum atomic E-state index is -0.419. The molecule has 2 rings (SSSR count). The van der Waals surface area contributed by atoms with Crippen LogP contribution < -0.4 is 4.74 Å². The molecule has 0 radical (unpaired) electrons. The van der Waals surface area contributed by atoms with E-state index in [0.29, 0.717) is 0 Å². The number of ether oxygens (including phenoxy) is 2. The van der Waals surface area contributed by atoms with Crippen LogP contribution in [-0.4, -0.2) is 24.8 Å². The second kappa shape index (κ2) is 8.44. The van der Waals surface area contributed by atoms with Gasteiger partial charge >= 0.3 is 5.97 Å². The monoisotopic (exact) mass is 310 g/mol. The molecule has 1 N–H and O–H groups in total. The van der Waals surface area contributed by atoms with Crippen molar-refractivity contribution in [2.45, 2.75) is 0 Å². The molecule has 4 heteroatoms. The molecule has 0 heterocycles. The van der Waals surface area contributed by atoms with Crippen LogP contribution in [0.25, 0.3) is 12.2 Å². The number of rotatable bonds is 6. The largest absolute Gasteiger partial charge is 0.508 e. The van der Waals surface area contributed by atoms with Crippen LogP contribution in [0.4, 0.5) is 0 Å². The third kappa shape index (κ3) is 5.71. The fourth-order valence-electron chi connectivity index (χ4n) is 1.83. The van der Waals surface area contributed by atoms with Crippen molar-refractivity contribution < 1.29 is 19.4 Å². The first-order valence-corrected chi connectivity index (χ1v) is 7.12. The maximum Gasteiger partial charge on any atom is 0.331 e. The summed E-state index contributed by atoms with van der Waals surface area (Å²) in [5, 5.41) is 9.17. The van der Waals surface area contributed by atoms with Gasteiger partial charge in [0.15, 0.2) is 0 Å². The number of phenolic OH excluding ortho intramolecular Hbond substituents is 1. The Hall–Kier alpha value is -3.01. The molecule has 23 heavy (non-hydrogen) atoms. The molecule has 0 unspecified atom stereocenters. The second-order valence-electron chi connectivity index (χ2n) is 4.73. The molecule has 0 aliphatic heterocycles. The van der Waals surface area contributed by atoms with E-state index in [1.165, 1.54) is 6.08 Å². The Kier molecular flexibility index (Phi) is 6.00. The molecule has 2 aromatic rings. The van der Waals surface area contributed by atoms with Gasteiger partial charge in [0, 0.05) is 6.08 Å². The number of carbonyl (C=O) groups excluding carboxylic acids is 1. The minimum Gasteiger partial charge on any atom is -0.508 e. The zero-order chi connectivity index (χ0) is 16.5. The molecular weight excluding hydrogens is 292 g/mol. The van der Waals surface area contributed by atoms with E-state index in [-0.39, 0.29) is 12.4 Å². The molecule has 0 saturated carbocycles. The van der Waals surface area contributed by atoms with Gasteiger partial charge in [-0.05, 0) is 47.5 Å². The van der Waals surface area contributed by atoms with Gasteiger partial charge in [0.25, 0.3) is 0 Å². The standard InChI is InChI=1S/C19H18O4/c1-22-18-11-6-15(7-12-18)3-2-14-23-19(21)13-8-16-4-9-17(20)10-5-16/h2-13,20H,14H2,1H3/b3-2?,13-8+. The molecule has 0 spiro atoms. The molecule has 0 fully saturated rings. The number of aromatic hydroxyl groups is 1. The van der Waals surface area contributed by atoms with Crippen LogP contribution in [0.1, 0.15) is 11.1 Å². The van der Waals surface area contributed by atoms with Crippen molar-refractivity contribution in [1.82, 2.24) is 0 Å². The van der Waals surface area contributed by atoms with E-state index in [9.17, 15) is 9.90 Å². The molecule has 0 aliphatic carbocycles. The van der Waals surface area contributed by atoms with E-state index in [1.54, 1.807) is 43.5 Å². The third-order valence-corrected chi connectivity index (χ3v) is 3.05. The Balaban J connectivity index is 1.77. The summed E-state index contributed by atoms with van der Waals surface area (Å²) in [5.41, 5.74) is 1.81. The maximum atomic E-state index is 11.6. The SMILES string of the molecule is COc1ccc(C=CCOC(=O)/C=C/c2ccc(O)cc2)cc1. The summed E-state index contributed by atoms with van der Waals surface area (Å²) < 4.78 is 10.1. The van der Waals surface area contributed by atoms with Gasteiger partial charge in [-0.3, -0.25) is 0 Å².